The number of halogens is 3. The third-order valence-electron chi connectivity index (χ3n) is 5.63. The molecule has 2 aromatic carbocycles. The number of hydrogen-bond donors (Lipinski definition) is 2. The van der Waals surface area contributed by atoms with Crippen molar-refractivity contribution in [2.45, 2.75) is 33.0 Å². The highest BCUT2D eigenvalue weighted by molar-refractivity contribution is 5.98. The van der Waals surface area contributed by atoms with Crippen LogP contribution in [0.25, 0.3) is 0 Å². The van der Waals surface area contributed by atoms with Crippen molar-refractivity contribution < 1.29 is 27.5 Å². The number of alkyl halides is 3. The first-order valence-corrected chi connectivity index (χ1v) is 11.1. The lowest BCUT2D eigenvalue weighted by Crippen LogP contribution is -2.43. The number of carbonyl (C=O) groups is 2. The molecule has 2 amide bonds. The molecule has 0 saturated carbocycles. The molecule has 184 valence electrons. The Labute approximate surface area is 197 Å². The maximum absolute atomic E-state index is 13.0. The highest BCUT2D eigenvalue weighted by Gasteiger charge is 2.31. The average Bonchev–Trinajstić information content (AvgIpc) is 2.79. The van der Waals surface area contributed by atoms with Gasteiger partial charge in [-0.2, -0.15) is 13.2 Å². The highest BCUT2D eigenvalue weighted by atomic mass is 19.4. The number of nitrogens with one attached hydrogen (secondary N) is 2. The number of rotatable bonds is 6. The van der Waals surface area contributed by atoms with Crippen LogP contribution in [0.3, 0.4) is 0 Å². The molecule has 1 aliphatic heterocycles. The van der Waals surface area contributed by atoms with E-state index in [2.05, 4.69) is 15.5 Å². The van der Waals surface area contributed by atoms with E-state index in [0.29, 0.717) is 43.1 Å². The summed E-state index contributed by atoms with van der Waals surface area (Å²) in [7, 11) is 0. The van der Waals surface area contributed by atoms with E-state index in [-0.39, 0.29) is 24.4 Å². The Morgan fingerprint density at radius 1 is 1.03 bits per heavy atom. The molecular formula is C25H30F3N3O3. The quantitative estimate of drug-likeness (QED) is 0.643. The lowest BCUT2D eigenvalue weighted by molar-refractivity contribution is -0.137. The van der Waals surface area contributed by atoms with Crippen LogP contribution in [0.2, 0.25) is 0 Å². The first kappa shape index (κ1) is 25.7. The number of hydrogen-bond acceptors (Lipinski definition) is 4. The van der Waals surface area contributed by atoms with E-state index in [4.69, 9.17) is 4.74 Å². The maximum Gasteiger partial charge on any atom is 0.416 e. The van der Waals surface area contributed by atoms with Gasteiger partial charge in [0.05, 0.1) is 24.8 Å². The van der Waals surface area contributed by atoms with Crippen LogP contribution in [0, 0.1) is 5.41 Å². The highest BCUT2D eigenvalue weighted by Crippen LogP contribution is 2.31. The SMILES string of the molecule is CC(C)(C)C(=O)Nc1cccc(C(=O)NCC(c2ccc(C(F)(F)F)cc2)N2CCOCC2)c1. The fourth-order valence-corrected chi connectivity index (χ4v) is 3.59. The van der Waals surface area contributed by atoms with Crippen LogP contribution in [-0.2, 0) is 15.7 Å². The Bertz CT molecular complexity index is 995. The number of nitrogens with zero attached hydrogens (tertiary/aromatic N) is 1. The molecule has 1 saturated heterocycles. The fraction of sp³-hybridized carbons (Fsp3) is 0.440. The topological polar surface area (TPSA) is 70.7 Å². The molecule has 3 rings (SSSR count). The van der Waals surface area contributed by atoms with Gasteiger partial charge in [0.1, 0.15) is 0 Å². The average molecular weight is 478 g/mol. The van der Waals surface area contributed by atoms with E-state index < -0.39 is 17.2 Å². The molecular weight excluding hydrogens is 447 g/mol. The van der Waals surface area contributed by atoms with Crippen LogP contribution in [0.5, 0.6) is 0 Å². The zero-order valence-corrected chi connectivity index (χ0v) is 19.5. The molecule has 2 N–H and O–H groups in total. The van der Waals surface area contributed by atoms with Crippen molar-refractivity contribution in [1.82, 2.24) is 10.2 Å². The van der Waals surface area contributed by atoms with Gasteiger partial charge in [0.2, 0.25) is 5.91 Å². The van der Waals surface area contributed by atoms with Crippen molar-refractivity contribution >= 4 is 17.5 Å². The zero-order chi connectivity index (χ0) is 24.9. The third kappa shape index (κ3) is 6.80. The van der Waals surface area contributed by atoms with Gasteiger partial charge in [0.15, 0.2) is 0 Å². The summed E-state index contributed by atoms with van der Waals surface area (Å²) < 4.78 is 44.4. The number of morpholine rings is 1. The molecule has 0 bridgehead atoms. The van der Waals surface area contributed by atoms with E-state index in [1.165, 1.54) is 12.1 Å². The minimum absolute atomic E-state index is 0.167. The van der Waals surface area contributed by atoms with E-state index in [1.54, 1.807) is 45.0 Å². The van der Waals surface area contributed by atoms with Crippen molar-refractivity contribution in [3.05, 3.63) is 65.2 Å². The maximum atomic E-state index is 13.0. The van der Waals surface area contributed by atoms with Crippen LogP contribution in [0.15, 0.2) is 48.5 Å². The van der Waals surface area contributed by atoms with Crippen molar-refractivity contribution in [3.8, 4) is 0 Å². The predicted octanol–water partition coefficient (Wildman–Crippen LogP) is 4.49. The van der Waals surface area contributed by atoms with Crippen molar-refractivity contribution in [1.29, 1.82) is 0 Å². The van der Waals surface area contributed by atoms with Crippen molar-refractivity contribution in [2.24, 2.45) is 5.41 Å². The van der Waals surface area contributed by atoms with Crippen molar-refractivity contribution in [3.63, 3.8) is 0 Å². The minimum atomic E-state index is -4.41. The van der Waals surface area contributed by atoms with Gasteiger partial charge in [-0.3, -0.25) is 14.5 Å². The first-order chi connectivity index (χ1) is 15.9. The summed E-state index contributed by atoms with van der Waals surface area (Å²) in [6.45, 7) is 7.85. The summed E-state index contributed by atoms with van der Waals surface area (Å²) in [5.41, 5.74) is 0.280. The van der Waals surface area contributed by atoms with E-state index in [9.17, 15) is 22.8 Å². The van der Waals surface area contributed by atoms with Crippen LogP contribution < -0.4 is 10.6 Å². The second-order valence-corrected chi connectivity index (χ2v) is 9.28. The Kier molecular flexibility index (Phi) is 7.99. The number of benzene rings is 2. The largest absolute Gasteiger partial charge is 0.416 e. The summed E-state index contributed by atoms with van der Waals surface area (Å²) >= 11 is 0. The Morgan fingerprint density at radius 3 is 2.26 bits per heavy atom. The summed E-state index contributed by atoms with van der Waals surface area (Å²) in [6, 6.07) is 11.4. The predicted molar refractivity (Wildman–Crippen MR) is 123 cm³/mol. The number of anilines is 1. The van der Waals surface area contributed by atoms with E-state index in [1.807, 2.05) is 0 Å². The molecule has 1 unspecified atom stereocenters. The van der Waals surface area contributed by atoms with Crippen LogP contribution in [0.1, 0.15) is 48.3 Å². The standard InChI is InChI=1S/C25H30F3N3O3/c1-24(2,3)23(33)30-20-6-4-5-18(15-20)22(32)29-16-21(31-11-13-34-14-12-31)17-7-9-19(10-8-17)25(26,27)28/h4-10,15,21H,11-14,16H2,1-3H3,(H,29,32)(H,30,33). The van der Waals surface area contributed by atoms with E-state index in [0.717, 1.165) is 12.1 Å². The molecule has 1 fully saturated rings. The Morgan fingerprint density at radius 2 is 1.68 bits per heavy atom. The molecule has 1 aliphatic rings. The van der Waals surface area contributed by atoms with Gasteiger partial charge in [0, 0.05) is 36.3 Å². The lowest BCUT2D eigenvalue weighted by atomic mass is 9.95. The molecule has 6 nitrogen and oxygen atoms in total. The summed E-state index contributed by atoms with van der Waals surface area (Å²) in [5, 5.41) is 5.70. The number of carbonyl (C=O) groups excluding carboxylic acids is 2. The van der Waals surface area contributed by atoms with Crippen LogP contribution >= 0.6 is 0 Å². The van der Waals surface area contributed by atoms with Gasteiger partial charge >= 0.3 is 6.18 Å². The number of amides is 2. The van der Waals surface area contributed by atoms with Gasteiger partial charge in [-0.1, -0.05) is 39.0 Å². The van der Waals surface area contributed by atoms with Gasteiger partial charge in [-0.05, 0) is 35.9 Å². The van der Waals surface area contributed by atoms with Crippen LogP contribution in [0.4, 0.5) is 18.9 Å². The second-order valence-electron chi connectivity index (χ2n) is 9.28. The van der Waals surface area contributed by atoms with Gasteiger partial charge in [-0.15, -0.1) is 0 Å². The van der Waals surface area contributed by atoms with Gasteiger partial charge < -0.3 is 15.4 Å². The molecule has 0 aromatic heterocycles. The Balaban J connectivity index is 1.73. The lowest BCUT2D eigenvalue weighted by Gasteiger charge is -2.35. The third-order valence-corrected chi connectivity index (χ3v) is 5.63. The fourth-order valence-electron chi connectivity index (χ4n) is 3.59. The summed E-state index contributed by atoms with van der Waals surface area (Å²) in [6.07, 6.45) is -4.41. The molecule has 0 aliphatic carbocycles. The van der Waals surface area contributed by atoms with E-state index >= 15 is 0 Å². The molecule has 0 radical (unpaired) electrons. The summed E-state index contributed by atoms with van der Waals surface area (Å²) in [5.74, 6) is -0.503. The van der Waals surface area contributed by atoms with Gasteiger partial charge in [-0.25, -0.2) is 0 Å². The van der Waals surface area contributed by atoms with Crippen molar-refractivity contribution in [2.75, 3.05) is 38.2 Å². The number of ether oxygens (including phenoxy) is 1. The smallest absolute Gasteiger partial charge is 0.379 e. The summed E-state index contributed by atoms with van der Waals surface area (Å²) in [4.78, 5) is 27.2. The monoisotopic (exact) mass is 477 g/mol. The zero-order valence-electron chi connectivity index (χ0n) is 19.5. The molecule has 0 spiro atoms. The second kappa shape index (κ2) is 10.6. The molecule has 2 aromatic rings. The molecule has 1 heterocycles. The first-order valence-electron chi connectivity index (χ1n) is 11.1. The van der Waals surface area contributed by atoms with Crippen LogP contribution in [-0.4, -0.2) is 49.6 Å². The molecule has 1 atom stereocenters. The molecule has 34 heavy (non-hydrogen) atoms. The molecule has 9 heteroatoms. The Hall–Kier alpha value is -2.91. The minimum Gasteiger partial charge on any atom is -0.379 e. The normalized spacial score (nSPS) is 16.1. The van der Waals surface area contributed by atoms with Gasteiger partial charge in [0.25, 0.3) is 5.91 Å².